The van der Waals surface area contributed by atoms with Crippen LogP contribution in [0.15, 0.2) is 36.5 Å². The van der Waals surface area contributed by atoms with Crippen LogP contribution in [0.5, 0.6) is 0 Å². The number of aromatic nitrogens is 2. The molecule has 0 bridgehead atoms. The Morgan fingerprint density at radius 1 is 1.26 bits per heavy atom. The molecular formula is C17H22N4OS. The first kappa shape index (κ1) is 17.3. The normalized spacial score (nSPS) is 11.8. The monoisotopic (exact) mass is 330 g/mol. The van der Waals surface area contributed by atoms with Gasteiger partial charge in [-0.3, -0.25) is 0 Å². The molecular weight excluding hydrogens is 308 g/mol. The number of nitrogens with one attached hydrogen (secondary N) is 2. The molecule has 23 heavy (non-hydrogen) atoms. The van der Waals surface area contributed by atoms with Gasteiger partial charge >= 0.3 is 6.03 Å². The number of anilines is 1. The Kier molecular flexibility index (Phi) is 6.40. The Balaban J connectivity index is 1.93. The third-order valence-electron chi connectivity index (χ3n) is 3.33. The van der Waals surface area contributed by atoms with Gasteiger partial charge < -0.3 is 10.6 Å². The second-order valence-corrected chi connectivity index (χ2v) is 6.37. The maximum atomic E-state index is 11.9. The van der Waals surface area contributed by atoms with Gasteiger partial charge in [-0.2, -0.15) is 11.8 Å². The minimum absolute atomic E-state index is 0.155. The first-order valence-electron chi connectivity index (χ1n) is 7.55. The van der Waals surface area contributed by atoms with E-state index in [0.29, 0.717) is 5.82 Å². The summed E-state index contributed by atoms with van der Waals surface area (Å²) in [4.78, 5) is 20.6. The molecule has 0 fully saturated rings. The van der Waals surface area contributed by atoms with Crippen LogP contribution in [-0.4, -0.2) is 34.0 Å². The second-order valence-electron chi connectivity index (χ2n) is 5.38. The fraction of sp³-hybridized carbons (Fsp3) is 0.353. The quantitative estimate of drug-likeness (QED) is 0.847. The van der Waals surface area contributed by atoms with Gasteiger partial charge in [0.15, 0.2) is 5.82 Å². The number of nitrogens with zero attached hydrogens (tertiary/aromatic N) is 2. The SMILES string of the molecule is CSCC[C@@H](C)NC(=O)Nc1ccc(-c2nccc(C)n2)cc1. The van der Waals surface area contributed by atoms with E-state index in [1.54, 1.807) is 18.0 Å². The van der Waals surface area contributed by atoms with Gasteiger partial charge in [-0.25, -0.2) is 14.8 Å². The zero-order valence-corrected chi connectivity index (χ0v) is 14.5. The van der Waals surface area contributed by atoms with Gasteiger partial charge in [0.25, 0.3) is 0 Å². The summed E-state index contributed by atoms with van der Waals surface area (Å²) in [5.74, 6) is 1.72. The van der Waals surface area contributed by atoms with Gasteiger partial charge in [-0.1, -0.05) is 0 Å². The summed E-state index contributed by atoms with van der Waals surface area (Å²) in [5, 5.41) is 5.77. The van der Waals surface area contributed by atoms with Crippen LogP contribution in [0.3, 0.4) is 0 Å². The van der Waals surface area contributed by atoms with E-state index in [1.807, 2.05) is 44.2 Å². The molecule has 0 spiro atoms. The number of urea groups is 1. The molecule has 0 radical (unpaired) electrons. The Labute approximate surface area is 141 Å². The summed E-state index contributed by atoms with van der Waals surface area (Å²) in [7, 11) is 0. The van der Waals surface area contributed by atoms with Crippen molar-refractivity contribution < 1.29 is 4.79 Å². The molecule has 2 N–H and O–H groups in total. The summed E-state index contributed by atoms with van der Waals surface area (Å²) >= 11 is 1.78. The highest BCUT2D eigenvalue weighted by Crippen LogP contribution is 2.18. The van der Waals surface area contributed by atoms with Gasteiger partial charge in [0.1, 0.15) is 0 Å². The molecule has 6 heteroatoms. The van der Waals surface area contributed by atoms with Crippen LogP contribution in [0.4, 0.5) is 10.5 Å². The third-order valence-corrected chi connectivity index (χ3v) is 3.97. The van der Waals surface area contributed by atoms with Gasteiger partial charge in [-0.05, 0) is 62.6 Å². The lowest BCUT2D eigenvalue weighted by atomic mass is 10.2. The lowest BCUT2D eigenvalue weighted by molar-refractivity contribution is 0.249. The molecule has 0 saturated heterocycles. The van der Waals surface area contributed by atoms with E-state index < -0.39 is 0 Å². The summed E-state index contributed by atoms with van der Waals surface area (Å²) in [6, 6.07) is 9.35. The molecule has 0 aliphatic rings. The van der Waals surface area contributed by atoms with Crippen molar-refractivity contribution in [2.75, 3.05) is 17.3 Å². The van der Waals surface area contributed by atoms with Crippen LogP contribution in [0, 0.1) is 6.92 Å². The average Bonchev–Trinajstić information content (AvgIpc) is 2.53. The van der Waals surface area contributed by atoms with E-state index in [2.05, 4.69) is 26.9 Å². The molecule has 0 saturated carbocycles. The van der Waals surface area contributed by atoms with Crippen LogP contribution < -0.4 is 10.6 Å². The van der Waals surface area contributed by atoms with Crippen LogP contribution in [-0.2, 0) is 0 Å². The zero-order valence-electron chi connectivity index (χ0n) is 13.7. The number of thioether (sulfide) groups is 1. The van der Waals surface area contributed by atoms with Crippen molar-refractivity contribution in [3.8, 4) is 11.4 Å². The molecule has 1 aromatic carbocycles. The maximum Gasteiger partial charge on any atom is 0.319 e. The molecule has 2 amide bonds. The molecule has 1 heterocycles. The van der Waals surface area contributed by atoms with Crippen molar-refractivity contribution in [1.29, 1.82) is 0 Å². The molecule has 1 aromatic heterocycles. The molecule has 5 nitrogen and oxygen atoms in total. The van der Waals surface area contributed by atoms with Crippen LogP contribution >= 0.6 is 11.8 Å². The number of benzene rings is 1. The molecule has 2 aromatic rings. The Morgan fingerprint density at radius 3 is 2.65 bits per heavy atom. The Bertz CT molecular complexity index is 645. The largest absolute Gasteiger partial charge is 0.335 e. The number of amides is 2. The van der Waals surface area contributed by atoms with E-state index in [9.17, 15) is 4.79 Å². The highest BCUT2D eigenvalue weighted by molar-refractivity contribution is 7.98. The van der Waals surface area contributed by atoms with Crippen LogP contribution in [0.2, 0.25) is 0 Å². The summed E-state index contributed by atoms with van der Waals surface area (Å²) in [6.45, 7) is 3.94. The predicted molar refractivity (Wildman–Crippen MR) is 96.8 cm³/mol. The van der Waals surface area contributed by atoms with E-state index in [-0.39, 0.29) is 12.1 Å². The maximum absolute atomic E-state index is 11.9. The molecule has 0 aliphatic heterocycles. The number of aryl methyl sites for hydroxylation is 1. The van der Waals surface area contributed by atoms with Gasteiger partial charge in [0.2, 0.25) is 0 Å². The number of carbonyl (C=O) groups excluding carboxylic acids is 1. The zero-order chi connectivity index (χ0) is 16.7. The molecule has 2 rings (SSSR count). The van der Waals surface area contributed by atoms with E-state index in [1.165, 1.54) is 0 Å². The molecule has 0 aliphatic carbocycles. The number of hydrogen-bond acceptors (Lipinski definition) is 4. The van der Waals surface area contributed by atoms with Crippen LogP contribution in [0.25, 0.3) is 11.4 Å². The highest BCUT2D eigenvalue weighted by Gasteiger charge is 2.07. The van der Waals surface area contributed by atoms with E-state index >= 15 is 0 Å². The predicted octanol–water partition coefficient (Wildman–Crippen LogP) is 3.72. The lowest BCUT2D eigenvalue weighted by Gasteiger charge is -2.14. The lowest BCUT2D eigenvalue weighted by Crippen LogP contribution is -2.36. The van der Waals surface area contributed by atoms with Crippen molar-refractivity contribution in [2.45, 2.75) is 26.3 Å². The number of carbonyl (C=O) groups is 1. The molecule has 122 valence electrons. The van der Waals surface area contributed by atoms with Gasteiger partial charge in [-0.15, -0.1) is 0 Å². The molecule has 0 unspecified atom stereocenters. The first-order chi connectivity index (χ1) is 11.1. The number of hydrogen-bond donors (Lipinski definition) is 2. The second kappa shape index (κ2) is 8.53. The van der Waals surface area contributed by atoms with Crippen molar-refractivity contribution in [3.05, 3.63) is 42.2 Å². The summed E-state index contributed by atoms with van der Waals surface area (Å²) in [5.41, 5.74) is 2.60. The minimum atomic E-state index is -0.182. The summed E-state index contributed by atoms with van der Waals surface area (Å²) < 4.78 is 0. The fourth-order valence-electron chi connectivity index (χ4n) is 2.05. The summed E-state index contributed by atoms with van der Waals surface area (Å²) in [6.07, 6.45) is 4.76. The van der Waals surface area contributed by atoms with Crippen molar-refractivity contribution >= 4 is 23.5 Å². The van der Waals surface area contributed by atoms with Crippen molar-refractivity contribution in [2.24, 2.45) is 0 Å². The molecule has 1 atom stereocenters. The number of rotatable bonds is 6. The first-order valence-corrected chi connectivity index (χ1v) is 8.94. The average molecular weight is 330 g/mol. The fourth-order valence-corrected chi connectivity index (χ4v) is 2.64. The van der Waals surface area contributed by atoms with E-state index in [4.69, 9.17) is 0 Å². The van der Waals surface area contributed by atoms with Gasteiger partial charge in [0.05, 0.1) is 0 Å². The van der Waals surface area contributed by atoms with Crippen molar-refractivity contribution in [1.82, 2.24) is 15.3 Å². The third kappa shape index (κ3) is 5.56. The standard InChI is InChI=1S/C17H22N4OS/c1-12-8-10-18-16(19-12)14-4-6-15(7-5-14)21-17(22)20-13(2)9-11-23-3/h4-8,10,13H,9,11H2,1-3H3,(H2,20,21,22)/t13-/m1/s1. The highest BCUT2D eigenvalue weighted by atomic mass is 32.2. The van der Waals surface area contributed by atoms with Crippen LogP contribution in [0.1, 0.15) is 19.0 Å². The van der Waals surface area contributed by atoms with Gasteiger partial charge in [0, 0.05) is 29.2 Å². The Morgan fingerprint density at radius 2 is 2.00 bits per heavy atom. The minimum Gasteiger partial charge on any atom is -0.335 e. The van der Waals surface area contributed by atoms with E-state index in [0.717, 1.165) is 29.1 Å². The van der Waals surface area contributed by atoms with Crippen molar-refractivity contribution in [3.63, 3.8) is 0 Å². The Hall–Kier alpha value is -2.08. The smallest absolute Gasteiger partial charge is 0.319 e. The topological polar surface area (TPSA) is 66.9 Å².